The molecule has 4 nitrogen and oxygen atoms in total. The number of rotatable bonds is 4. The van der Waals surface area contributed by atoms with Gasteiger partial charge < -0.3 is 4.57 Å². The lowest BCUT2D eigenvalue weighted by Crippen LogP contribution is -2.14. The van der Waals surface area contributed by atoms with Crippen LogP contribution in [-0.4, -0.2) is 23.7 Å². The Hall–Kier alpha value is -1.83. The minimum atomic E-state index is -4.44. The lowest BCUT2D eigenvalue weighted by atomic mass is 10.1. The molecule has 1 aromatic heterocycles. The van der Waals surface area contributed by atoms with Gasteiger partial charge in [0.15, 0.2) is 0 Å². The molecule has 0 saturated carbocycles. The standard InChI is InChI=1S/C13H13F3N2O2S/c1-18-7-6-17-12(18)21(19,20)8-5-10-3-2-4-11(9-10)13(14,15)16/h2-4,6-7,9H,5,8H2,1H3. The van der Waals surface area contributed by atoms with E-state index in [9.17, 15) is 21.6 Å². The van der Waals surface area contributed by atoms with Crippen molar-refractivity contribution in [1.29, 1.82) is 0 Å². The highest BCUT2D eigenvalue weighted by Crippen LogP contribution is 2.29. The summed E-state index contributed by atoms with van der Waals surface area (Å²) in [5.41, 5.74) is -0.461. The maximum Gasteiger partial charge on any atom is 0.416 e. The van der Waals surface area contributed by atoms with E-state index >= 15 is 0 Å². The van der Waals surface area contributed by atoms with Gasteiger partial charge in [0.2, 0.25) is 15.0 Å². The molecular formula is C13H13F3N2O2S. The Morgan fingerprint density at radius 1 is 1.29 bits per heavy atom. The van der Waals surface area contributed by atoms with Crippen molar-refractivity contribution in [3.05, 3.63) is 47.8 Å². The van der Waals surface area contributed by atoms with Crippen molar-refractivity contribution in [3.8, 4) is 0 Å². The van der Waals surface area contributed by atoms with Crippen LogP contribution in [-0.2, 0) is 29.5 Å². The predicted octanol–water partition coefficient (Wildman–Crippen LogP) is 2.46. The van der Waals surface area contributed by atoms with E-state index in [2.05, 4.69) is 4.98 Å². The molecule has 0 aliphatic heterocycles. The second kappa shape index (κ2) is 5.51. The number of aryl methyl sites for hydroxylation is 2. The Balaban J connectivity index is 2.16. The normalized spacial score (nSPS) is 12.6. The van der Waals surface area contributed by atoms with E-state index in [1.807, 2.05) is 0 Å². The first kappa shape index (κ1) is 15.6. The molecule has 21 heavy (non-hydrogen) atoms. The molecule has 0 aliphatic rings. The molecule has 0 aliphatic carbocycles. The number of nitrogens with zero attached hydrogens (tertiary/aromatic N) is 2. The number of sulfone groups is 1. The van der Waals surface area contributed by atoms with E-state index in [-0.39, 0.29) is 17.3 Å². The van der Waals surface area contributed by atoms with Crippen LogP contribution >= 0.6 is 0 Å². The first-order valence-corrected chi connectivity index (χ1v) is 7.71. The minimum Gasteiger partial charge on any atom is -0.325 e. The zero-order chi connectivity index (χ0) is 15.7. The molecule has 0 N–H and O–H groups in total. The van der Waals surface area contributed by atoms with Gasteiger partial charge in [-0.1, -0.05) is 18.2 Å². The highest BCUT2D eigenvalue weighted by Gasteiger charge is 2.30. The third kappa shape index (κ3) is 3.63. The van der Waals surface area contributed by atoms with E-state index in [4.69, 9.17) is 0 Å². The third-order valence-electron chi connectivity index (χ3n) is 2.97. The quantitative estimate of drug-likeness (QED) is 0.870. The fourth-order valence-corrected chi connectivity index (χ4v) is 3.31. The van der Waals surface area contributed by atoms with Crippen LogP contribution in [0.5, 0.6) is 0 Å². The molecule has 114 valence electrons. The molecule has 0 amide bonds. The molecular weight excluding hydrogens is 305 g/mol. The van der Waals surface area contributed by atoms with E-state index < -0.39 is 21.6 Å². The van der Waals surface area contributed by atoms with Crippen LogP contribution in [0.4, 0.5) is 13.2 Å². The van der Waals surface area contributed by atoms with Gasteiger partial charge in [0, 0.05) is 19.4 Å². The van der Waals surface area contributed by atoms with Gasteiger partial charge in [-0.15, -0.1) is 0 Å². The summed E-state index contributed by atoms with van der Waals surface area (Å²) in [4.78, 5) is 3.75. The van der Waals surface area contributed by atoms with Gasteiger partial charge >= 0.3 is 6.18 Å². The van der Waals surface area contributed by atoms with Crippen molar-refractivity contribution in [2.75, 3.05) is 5.75 Å². The Bertz CT molecular complexity index is 736. The molecule has 0 spiro atoms. The number of halogens is 3. The molecule has 0 atom stereocenters. The number of hydrogen-bond acceptors (Lipinski definition) is 3. The summed E-state index contributed by atoms with van der Waals surface area (Å²) in [6.07, 6.45) is -1.58. The number of hydrogen-bond donors (Lipinski definition) is 0. The molecule has 0 radical (unpaired) electrons. The average molecular weight is 318 g/mol. The van der Waals surface area contributed by atoms with Crippen LogP contribution in [0, 0.1) is 0 Å². The molecule has 8 heteroatoms. The Kier molecular flexibility index (Phi) is 4.08. The van der Waals surface area contributed by atoms with Gasteiger partial charge in [0.05, 0.1) is 11.3 Å². The molecule has 0 unspecified atom stereocenters. The van der Waals surface area contributed by atoms with Crippen LogP contribution in [0.1, 0.15) is 11.1 Å². The lowest BCUT2D eigenvalue weighted by Gasteiger charge is -2.09. The van der Waals surface area contributed by atoms with Crippen LogP contribution in [0.3, 0.4) is 0 Å². The van der Waals surface area contributed by atoms with Crippen LogP contribution in [0.25, 0.3) is 0 Å². The highest BCUT2D eigenvalue weighted by atomic mass is 32.2. The molecule has 1 aromatic carbocycles. The topological polar surface area (TPSA) is 52.0 Å². The fraction of sp³-hybridized carbons (Fsp3) is 0.308. The monoisotopic (exact) mass is 318 g/mol. The maximum atomic E-state index is 12.6. The number of alkyl halides is 3. The molecule has 0 saturated heterocycles. The Morgan fingerprint density at radius 2 is 2.00 bits per heavy atom. The van der Waals surface area contributed by atoms with Gasteiger partial charge in [-0.3, -0.25) is 0 Å². The van der Waals surface area contributed by atoms with E-state index in [0.717, 1.165) is 12.1 Å². The van der Waals surface area contributed by atoms with Crippen molar-refractivity contribution in [1.82, 2.24) is 9.55 Å². The first-order valence-electron chi connectivity index (χ1n) is 6.06. The summed E-state index contributed by atoms with van der Waals surface area (Å²) in [5.74, 6) is -0.292. The zero-order valence-electron chi connectivity index (χ0n) is 11.1. The SMILES string of the molecule is Cn1ccnc1S(=O)(=O)CCc1cccc(C(F)(F)F)c1. The summed E-state index contributed by atoms with van der Waals surface area (Å²) >= 11 is 0. The predicted molar refractivity (Wildman–Crippen MR) is 70.4 cm³/mol. The van der Waals surface area contributed by atoms with E-state index in [1.54, 1.807) is 7.05 Å². The molecule has 2 aromatic rings. The van der Waals surface area contributed by atoms with Crippen molar-refractivity contribution < 1.29 is 21.6 Å². The molecule has 0 fully saturated rings. The van der Waals surface area contributed by atoms with E-state index in [1.165, 1.54) is 29.1 Å². The second-order valence-corrected chi connectivity index (χ2v) is 6.59. The molecule has 1 heterocycles. The molecule has 0 bridgehead atoms. The Labute approximate surface area is 120 Å². The number of imidazole rings is 1. The number of aromatic nitrogens is 2. The minimum absolute atomic E-state index is 0.000880. The largest absolute Gasteiger partial charge is 0.416 e. The van der Waals surface area contributed by atoms with Crippen molar-refractivity contribution in [2.45, 2.75) is 17.8 Å². The summed E-state index contributed by atoms with van der Waals surface area (Å²) in [6.45, 7) is 0. The van der Waals surface area contributed by atoms with Gasteiger partial charge in [-0.05, 0) is 18.1 Å². The van der Waals surface area contributed by atoms with Gasteiger partial charge in [-0.25, -0.2) is 13.4 Å². The summed E-state index contributed by atoms with van der Waals surface area (Å²) < 4.78 is 63.3. The smallest absolute Gasteiger partial charge is 0.325 e. The van der Waals surface area contributed by atoms with Gasteiger partial charge in [-0.2, -0.15) is 13.2 Å². The van der Waals surface area contributed by atoms with E-state index in [0.29, 0.717) is 5.56 Å². The molecule has 2 rings (SSSR count). The zero-order valence-corrected chi connectivity index (χ0v) is 11.9. The first-order chi connectivity index (χ1) is 9.70. The van der Waals surface area contributed by atoms with Crippen LogP contribution < -0.4 is 0 Å². The summed E-state index contributed by atoms with van der Waals surface area (Å²) in [6, 6.07) is 4.67. The maximum absolute atomic E-state index is 12.6. The van der Waals surface area contributed by atoms with Gasteiger partial charge in [0.1, 0.15) is 0 Å². The Morgan fingerprint density at radius 3 is 2.57 bits per heavy atom. The highest BCUT2D eigenvalue weighted by molar-refractivity contribution is 7.91. The van der Waals surface area contributed by atoms with Crippen molar-refractivity contribution in [3.63, 3.8) is 0 Å². The third-order valence-corrected chi connectivity index (χ3v) is 4.66. The summed E-state index contributed by atoms with van der Waals surface area (Å²) in [5, 5.41) is -0.0884. The summed E-state index contributed by atoms with van der Waals surface area (Å²) in [7, 11) is -2.08. The van der Waals surface area contributed by atoms with Crippen molar-refractivity contribution in [2.24, 2.45) is 7.05 Å². The van der Waals surface area contributed by atoms with Crippen LogP contribution in [0.15, 0.2) is 41.8 Å². The van der Waals surface area contributed by atoms with Gasteiger partial charge in [0.25, 0.3) is 0 Å². The fourth-order valence-electron chi connectivity index (χ4n) is 1.90. The van der Waals surface area contributed by atoms with Crippen molar-refractivity contribution >= 4 is 9.84 Å². The second-order valence-electron chi connectivity index (χ2n) is 4.59. The average Bonchev–Trinajstić information content (AvgIpc) is 2.83. The number of benzene rings is 1. The van der Waals surface area contributed by atoms with Crippen LogP contribution in [0.2, 0.25) is 0 Å². The lowest BCUT2D eigenvalue weighted by molar-refractivity contribution is -0.137.